The van der Waals surface area contributed by atoms with Gasteiger partial charge in [-0.25, -0.2) is 8.42 Å². The molecule has 0 bridgehead atoms. The minimum Gasteiger partial charge on any atom is -0.309 e. The Morgan fingerprint density at radius 2 is 1.48 bits per heavy atom. The largest absolute Gasteiger partial charge is 0.309 e. The third kappa shape index (κ3) is 3.52. The molecule has 0 aliphatic rings. The van der Waals surface area contributed by atoms with Crippen LogP contribution in [0.3, 0.4) is 0 Å². The van der Waals surface area contributed by atoms with Crippen molar-refractivity contribution >= 4 is 9.84 Å². The monoisotopic (exact) mass is 303 g/mol. The van der Waals surface area contributed by atoms with Crippen molar-refractivity contribution in [1.82, 2.24) is 5.32 Å². The zero-order valence-electron chi connectivity index (χ0n) is 12.4. The van der Waals surface area contributed by atoms with E-state index in [-0.39, 0.29) is 6.04 Å². The first-order valence-electron chi connectivity index (χ1n) is 7.14. The van der Waals surface area contributed by atoms with Crippen molar-refractivity contribution in [3.63, 3.8) is 0 Å². The van der Waals surface area contributed by atoms with E-state index in [1.54, 1.807) is 31.2 Å². The SMILES string of the molecule is CCNC(c1ccccc1)C(C)S(=O)(=O)c1ccccc1. The van der Waals surface area contributed by atoms with Crippen molar-refractivity contribution in [3.05, 3.63) is 66.2 Å². The van der Waals surface area contributed by atoms with Crippen LogP contribution in [0.4, 0.5) is 0 Å². The summed E-state index contributed by atoms with van der Waals surface area (Å²) in [6, 6.07) is 18.1. The summed E-state index contributed by atoms with van der Waals surface area (Å²) in [5.74, 6) is 0. The zero-order chi connectivity index (χ0) is 15.3. The standard InChI is InChI=1S/C17H21NO2S/c1-3-18-17(15-10-6-4-7-11-15)14(2)21(19,20)16-12-8-5-9-13-16/h4-14,17-18H,3H2,1-2H3. The van der Waals surface area contributed by atoms with Gasteiger partial charge in [-0.3, -0.25) is 0 Å². The van der Waals surface area contributed by atoms with Gasteiger partial charge in [-0.15, -0.1) is 0 Å². The van der Waals surface area contributed by atoms with Crippen LogP contribution in [0.15, 0.2) is 65.6 Å². The third-order valence-corrected chi connectivity index (χ3v) is 5.79. The van der Waals surface area contributed by atoms with Crippen molar-refractivity contribution < 1.29 is 8.42 Å². The van der Waals surface area contributed by atoms with E-state index in [0.29, 0.717) is 11.4 Å². The first kappa shape index (κ1) is 15.7. The predicted molar refractivity (Wildman–Crippen MR) is 85.9 cm³/mol. The van der Waals surface area contributed by atoms with Gasteiger partial charge in [-0.05, 0) is 31.2 Å². The van der Waals surface area contributed by atoms with Crippen LogP contribution in [0.5, 0.6) is 0 Å². The van der Waals surface area contributed by atoms with Gasteiger partial charge in [0.05, 0.1) is 10.1 Å². The second-order valence-electron chi connectivity index (χ2n) is 5.01. The lowest BCUT2D eigenvalue weighted by Gasteiger charge is -2.25. The van der Waals surface area contributed by atoms with E-state index in [2.05, 4.69) is 5.32 Å². The van der Waals surface area contributed by atoms with Crippen molar-refractivity contribution in [2.45, 2.75) is 30.0 Å². The molecule has 0 fully saturated rings. The lowest BCUT2D eigenvalue weighted by atomic mass is 10.0. The molecule has 0 aromatic heterocycles. The molecule has 112 valence electrons. The molecule has 2 atom stereocenters. The van der Waals surface area contributed by atoms with Crippen LogP contribution in [-0.4, -0.2) is 20.2 Å². The van der Waals surface area contributed by atoms with Crippen LogP contribution in [0.25, 0.3) is 0 Å². The summed E-state index contributed by atoms with van der Waals surface area (Å²) in [7, 11) is -3.37. The van der Waals surface area contributed by atoms with Crippen molar-refractivity contribution in [2.75, 3.05) is 6.54 Å². The normalized spacial score (nSPS) is 14.6. The highest BCUT2D eigenvalue weighted by molar-refractivity contribution is 7.92. The molecule has 0 saturated carbocycles. The fourth-order valence-corrected chi connectivity index (χ4v) is 4.02. The van der Waals surface area contributed by atoms with Gasteiger partial charge in [0, 0.05) is 6.04 Å². The maximum Gasteiger partial charge on any atom is 0.182 e. The molecule has 0 aliphatic heterocycles. The summed E-state index contributed by atoms with van der Waals surface area (Å²) in [5.41, 5.74) is 0.992. The van der Waals surface area contributed by atoms with Gasteiger partial charge in [0.25, 0.3) is 0 Å². The van der Waals surface area contributed by atoms with Crippen LogP contribution in [0.1, 0.15) is 25.5 Å². The summed E-state index contributed by atoms with van der Waals surface area (Å²) in [6.45, 7) is 4.47. The van der Waals surface area contributed by atoms with Crippen LogP contribution in [0, 0.1) is 0 Å². The minimum atomic E-state index is -3.37. The summed E-state index contributed by atoms with van der Waals surface area (Å²) in [6.07, 6.45) is 0. The van der Waals surface area contributed by atoms with E-state index in [1.165, 1.54) is 0 Å². The molecule has 1 N–H and O–H groups in total. The Morgan fingerprint density at radius 1 is 0.952 bits per heavy atom. The third-order valence-electron chi connectivity index (χ3n) is 3.61. The molecule has 4 heteroatoms. The summed E-state index contributed by atoms with van der Waals surface area (Å²) in [5, 5.41) is 2.76. The van der Waals surface area contributed by atoms with Gasteiger partial charge in [0.2, 0.25) is 0 Å². The van der Waals surface area contributed by atoms with E-state index < -0.39 is 15.1 Å². The molecule has 2 aromatic carbocycles. The molecule has 2 aromatic rings. The number of nitrogens with one attached hydrogen (secondary N) is 1. The number of sulfone groups is 1. The first-order chi connectivity index (χ1) is 10.1. The molecule has 3 nitrogen and oxygen atoms in total. The van der Waals surface area contributed by atoms with E-state index in [1.807, 2.05) is 43.3 Å². The van der Waals surface area contributed by atoms with Crippen molar-refractivity contribution in [1.29, 1.82) is 0 Å². The second kappa shape index (κ2) is 6.87. The van der Waals surface area contributed by atoms with Gasteiger partial charge in [-0.2, -0.15) is 0 Å². The summed E-state index contributed by atoms with van der Waals surface area (Å²) >= 11 is 0. The van der Waals surface area contributed by atoms with Crippen LogP contribution in [-0.2, 0) is 9.84 Å². The second-order valence-corrected chi connectivity index (χ2v) is 7.31. The van der Waals surface area contributed by atoms with Crippen molar-refractivity contribution in [2.24, 2.45) is 0 Å². The smallest absolute Gasteiger partial charge is 0.182 e. The molecule has 0 heterocycles. The van der Waals surface area contributed by atoms with Gasteiger partial charge in [-0.1, -0.05) is 55.5 Å². The highest BCUT2D eigenvalue weighted by Crippen LogP contribution is 2.26. The Hall–Kier alpha value is -1.65. The number of hydrogen-bond donors (Lipinski definition) is 1. The zero-order valence-corrected chi connectivity index (χ0v) is 13.2. The molecular weight excluding hydrogens is 282 g/mol. The number of hydrogen-bond acceptors (Lipinski definition) is 3. The molecule has 0 saturated heterocycles. The maximum atomic E-state index is 12.8. The van der Waals surface area contributed by atoms with Gasteiger partial charge < -0.3 is 5.32 Å². The Labute approximate surface area is 126 Å². The topological polar surface area (TPSA) is 46.2 Å². The molecule has 21 heavy (non-hydrogen) atoms. The fourth-order valence-electron chi connectivity index (χ4n) is 2.44. The Morgan fingerprint density at radius 3 is 2.00 bits per heavy atom. The van der Waals surface area contributed by atoms with E-state index in [9.17, 15) is 8.42 Å². The highest BCUT2D eigenvalue weighted by atomic mass is 32.2. The molecule has 2 unspecified atom stereocenters. The van der Waals surface area contributed by atoms with Crippen LogP contribution >= 0.6 is 0 Å². The molecule has 2 rings (SSSR count). The van der Waals surface area contributed by atoms with Crippen LogP contribution < -0.4 is 5.32 Å². The van der Waals surface area contributed by atoms with Gasteiger partial charge in [0.15, 0.2) is 9.84 Å². The molecule has 0 spiro atoms. The molecular formula is C17H21NO2S. The Balaban J connectivity index is 2.37. The van der Waals surface area contributed by atoms with E-state index in [0.717, 1.165) is 5.56 Å². The highest BCUT2D eigenvalue weighted by Gasteiger charge is 2.31. The number of benzene rings is 2. The van der Waals surface area contributed by atoms with Crippen LogP contribution in [0.2, 0.25) is 0 Å². The average Bonchev–Trinajstić information content (AvgIpc) is 2.53. The van der Waals surface area contributed by atoms with Gasteiger partial charge >= 0.3 is 0 Å². The van der Waals surface area contributed by atoms with Gasteiger partial charge in [0.1, 0.15) is 0 Å². The fraction of sp³-hybridized carbons (Fsp3) is 0.294. The number of rotatable bonds is 6. The summed E-state index contributed by atoms with van der Waals surface area (Å²) < 4.78 is 25.6. The maximum absolute atomic E-state index is 12.8. The van der Waals surface area contributed by atoms with Crippen molar-refractivity contribution in [3.8, 4) is 0 Å². The minimum absolute atomic E-state index is 0.221. The van der Waals surface area contributed by atoms with E-state index in [4.69, 9.17) is 0 Å². The molecule has 0 amide bonds. The molecule has 0 aliphatic carbocycles. The Bertz CT molecular complexity index is 654. The Kier molecular flexibility index (Phi) is 5.15. The lowest BCUT2D eigenvalue weighted by Crippen LogP contribution is -2.35. The quantitative estimate of drug-likeness (QED) is 0.891. The average molecular weight is 303 g/mol. The summed E-state index contributed by atoms with van der Waals surface area (Å²) in [4.78, 5) is 0.372. The van der Waals surface area contributed by atoms with E-state index >= 15 is 0 Å². The first-order valence-corrected chi connectivity index (χ1v) is 8.69. The molecule has 0 radical (unpaired) electrons. The lowest BCUT2D eigenvalue weighted by molar-refractivity contribution is 0.510. The predicted octanol–water partition coefficient (Wildman–Crippen LogP) is 3.20.